The van der Waals surface area contributed by atoms with Gasteiger partial charge in [-0.05, 0) is 47.4 Å². The van der Waals surface area contributed by atoms with Crippen LogP contribution in [0.25, 0.3) is 0 Å². The predicted octanol–water partition coefficient (Wildman–Crippen LogP) is 6.70. The maximum absolute atomic E-state index is 13.7. The summed E-state index contributed by atoms with van der Waals surface area (Å²) in [5.74, 6) is 2.58. The van der Waals surface area contributed by atoms with E-state index in [0.717, 1.165) is 29.0 Å². The fourth-order valence-corrected chi connectivity index (χ4v) is 6.51. The van der Waals surface area contributed by atoms with Crippen molar-refractivity contribution in [2.24, 2.45) is 11.3 Å². The molecule has 2 heterocycles. The number of H-pyrrole nitrogens is 1. The van der Waals surface area contributed by atoms with Crippen LogP contribution in [0.15, 0.2) is 69.8 Å². The number of methoxy groups -OCH3 is 1. The number of ketones is 1. The fraction of sp³-hybridized carbons (Fsp3) is 0.406. The molecular formula is C32H37N3O4S. The minimum atomic E-state index is -0.564. The van der Waals surface area contributed by atoms with Crippen LogP contribution in [0.5, 0.6) is 11.5 Å². The number of nitrogens with one attached hydrogen (secondary N) is 2. The molecule has 0 radical (unpaired) electrons. The Morgan fingerprint density at radius 2 is 1.85 bits per heavy atom. The van der Waals surface area contributed by atoms with Crippen LogP contribution in [0.2, 0.25) is 0 Å². The minimum Gasteiger partial charge on any atom is -0.493 e. The number of nitrogens with zero attached hydrogens (tertiary/aromatic N) is 1. The van der Waals surface area contributed by atoms with Gasteiger partial charge in [0, 0.05) is 29.4 Å². The topological polar surface area (TPSA) is 93.3 Å². The van der Waals surface area contributed by atoms with Gasteiger partial charge in [-0.25, -0.2) is 4.98 Å². The summed E-state index contributed by atoms with van der Waals surface area (Å²) in [5.41, 5.74) is 3.33. The normalized spacial score (nSPS) is 17.8. The number of hydrogen-bond donors (Lipinski definition) is 2. The highest BCUT2D eigenvalue weighted by Crippen LogP contribution is 2.48. The number of aromatic amines is 1. The van der Waals surface area contributed by atoms with Gasteiger partial charge in [-0.3, -0.25) is 9.59 Å². The summed E-state index contributed by atoms with van der Waals surface area (Å²) >= 11 is 1.55. The number of aromatic nitrogens is 2. The molecule has 1 aliphatic carbocycles. The number of Topliss-reactive ketones (excluding diaryl/α,β-unsaturated/α-hetero) is 1. The molecule has 2 aromatic carbocycles. The molecule has 0 spiro atoms. The molecule has 0 amide bonds. The van der Waals surface area contributed by atoms with Crippen molar-refractivity contribution in [2.45, 2.75) is 64.6 Å². The van der Waals surface area contributed by atoms with Crippen molar-refractivity contribution in [3.05, 3.63) is 86.8 Å². The van der Waals surface area contributed by atoms with Crippen molar-refractivity contribution < 1.29 is 14.3 Å². The van der Waals surface area contributed by atoms with Crippen LogP contribution in [-0.4, -0.2) is 28.6 Å². The Kier molecular flexibility index (Phi) is 8.08. The van der Waals surface area contributed by atoms with Gasteiger partial charge >= 0.3 is 0 Å². The lowest BCUT2D eigenvalue weighted by molar-refractivity contribution is -0.118. The second-order valence-electron chi connectivity index (χ2n) is 11.7. The highest BCUT2D eigenvalue weighted by Gasteiger charge is 2.42. The Morgan fingerprint density at radius 1 is 1.07 bits per heavy atom. The van der Waals surface area contributed by atoms with Gasteiger partial charge in [0.2, 0.25) is 0 Å². The molecule has 3 aromatic rings. The van der Waals surface area contributed by atoms with E-state index in [1.54, 1.807) is 18.9 Å². The van der Waals surface area contributed by atoms with Gasteiger partial charge in [-0.2, -0.15) is 0 Å². The lowest BCUT2D eigenvalue weighted by Gasteiger charge is -2.38. The SMILES string of the molecule is COc1ccc(C2C3=C(CC(C)(C)CC3=O)Nc3nc(SCCC(C)C)[nH]c(=O)c32)cc1OCc1ccccc1. The Hall–Kier alpha value is -3.52. The van der Waals surface area contributed by atoms with Crippen molar-refractivity contribution in [2.75, 3.05) is 18.2 Å². The largest absolute Gasteiger partial charge is 0.493 e. The van der Waals surface area contributed by atoms with E-state index in [-0.39, 0.29) is 16.8 Å². The quantitative estimate of drug-likeness (QED) is 0.223. The first-order valence-corrected chi connectivity index (χ1v) is 14.8. The summed E-state index contributed by atoms with van der Waals surface area (Å²) in [4.78, 5) is 35.1. The van der Waals surface area contributed by atoms with E-state index in [1.807, 2.05) is 48.5 Å². The number of fused-ring (bicyclic) bond motifs is 1. The van der Waals surface area contributed by atoms with E-state index in [4.69, 9.17) is 14.5 Å². The van der Waals surface area contributed by atoms with E-state index in [0.29, 0.717) is 59.0 Å². The number of thioether (sulfide) groups is 1. The van der Waals surface area contributed by atoms with Gasteiger partial charge < -0.3 is 19.8 Å². The number of carbonyl (C=O) groups excluding carboxylic acids is 1. The van der Waals surface area contributed by atoms with Gasteiger partial charge in [0.25, 0.3) is 5.56 Å². The lowest BCUT2D eigenvalue weighted by Crippen LogP contribution is -2.37. The summed E-state index contributed by atoms with van der Waals surface area (Å²) < 4.78 is 11.8. The molecule has 0 saturated carbocycles. The summed E-state index contributed by atoms with van der Waals surface area (Å²) in [6, 6.07) is 15.6. The van der Waals surface area contributed by atoms with Crippen LogP contribution < -0.4 is 20.3 Å². The van der Waals surface area contributed by atoms with Crippen molar-refractivity contribution in [3.8, 4) is 11.5 Å². The Balaban J connectivity index is 1.58. The van der Waals surface area contributed by atoms with E-state index >= 15 is 0 Å². The molecule has 210 valence electrons. The number of hydrogen-bond acceptors (Lipinski definition) is 7. The molecule has 1 aromatic heterocycles. The summed E-state index contributed by atoms with van der Waals surface area (Å²) in [5, 5.41) is 3.99. The first-order valence-electron chi connectivity index (χ1n) is 13.8. The average molecular weight is 560 g/mol. The number of allylic oxidation sites excluding steroid dienone is 2. The Bertz CT molecular complexity index is 1490. The van der Waals surface area contributed by atoms with E-state index in [1.165, 1.54) is 0 Å². The lowest BCUT2D eigenvalue weighted by atomic mass is 9.69. The van der Waals surface area contributed by atoms with Crippen LogP contribution in [0.4, 0.5) is 5.82 Å². The van der Waals surface area contributed by atoms with E-state index in [2.05, 4.69) is 38.0 Å². The number of carbonyl (C=O) groups is 1. The highest BCUT2D eigenvalue weighted by molar-refractivity contribution is 7.99. The second kappa shape index (κ2) is 11.5. The minimum absolute atomic E-state index is 0.0479. The van der Waals surface area contributed by atoms with Crippen molar-refractivity contribution in [3.63, 3.8) is 0 Å². The molecule has 8 heteroatoms. The molecule has 40 heavy (non-hydrogen) atoms. The average Bonchev–Trinajstić information content (AvgIpc) is 2.90. The molecule has 1 aliphatic heterocycles. The molecule has 0 fully saturated rings. The van der Waals surface area contributed by atoms with Gasteiger partial charge in [0.05, 0.1) is 12.7 Å². The van der Waals surface area contributed by atoms with Crippen molar-refractivity contribution in [1.82, 2.24) is 9.97 Å². The highest BCUT2D eigenvalue weighted by atomic mass is 32.2. The van der Waals surface area contributed by atoms with Gasteiger partial charge in [0.1, 0.15) is 12.4 Å². The zero-order valence-corrected chi connectivity index (χ0v) is 24.6. The molecule has 1 unspecified atom stereocenters. The van der Waals surface area contributed by atoms with Crippen LogP contribution in [0.3, 0.4) is 0 Å². The monoisotopic (exact) mass is 559 g/mol. The van der Waals surface area contributed by atoms with Gasteiger partial charge in [-0.15, -0.1) is 0 Å². The third-order valence-electron chi connectivity index (χ3n) is 7.39. The number of benzene rings is 2. The molecule has 0 saturated heterocycles. The van der Waals surface area contributed by atoms with Crippen LogP contribution in [0, 0.1) is 11.3 Å². The standard InChI is InChI=1S/C32H37N3O4S/c1-19(2)13-14-40-31-34-29-28(30(37)35-31)26(27-22(33-29)16-32(3,4)17-23(27)36)21-11-12-24(38-5)25(15-21)39-18-20-9-7-6-8-10-20/h6-12,15,19,26H,13-14,16-18H2,1-5H3,(H2,33,34,35,37). The molecular weight excluding hydrogens is 522 g/mol. The van der Waals surface area contributed by atoms with Crippen LogP contribution >= 0.6 is 11.8 Å². The fourth-order valence-electron chi connectivity index (χ4n) is 5.41. The third kappa shape index (κ3) is 5.97. The zero-order valence-electron chi connectivity index (χ0n) is 23.8. The molecule has 7 nitrogen and oxygen atoms in total. The van der Waals surface area contributed by atoms with Crippen LogP contribution in [0.1, 0.15) is 69.6 Å². The van der Waals surface area contributed by atoms with Crippen molar-refractivity contribution in [1.29, 1.82) is 0 Å². The number of anilines is 1. The summed E-state index contributed by atoms with van der Waals surface area (Å²) in [6.45, 7) is 8.92. The van der Waals surface area contributed by atoms with Crippen LogP contribution in [-0.2, 0) is 11.4 Å². The number of ether oxygens (including phenoxy) is 2. The molecule has 2 N–H and O–H groups in total. The van der Waals surface area contributed by atoms with E-state index in [9.17, 15) is 9.59 Å². The zero-order chi connectivity index (χ0) is 28.4. The van der Waals surface area contributed by atoms with Crippen molar-refractivity contribution >= 4 is 23.4 Å². The first kappa shape index (κ1) is 28.0. The maximum atomic E-state index is 13.7. The summed E-state index contributed by atoms with van der Waals surface area (Å²) in [6.07, 6.45) is 2.14. The second-order valence-corrected chi connectivity index (χ2v) is 12.8. The Labute approximate surface area is 239 Å². The third-order valence-corrected chi connectivity index (χ3v) is 8.30. The van der Waals surface area contributed by atoms with E-state index < -0.39 is 5.92 Å². The van der Waals surface area contributed by atoms with Gasteiger partial charge in [0.15, 0.2) is 22.4 Å². The predicted molar refractivity (Wildman–Crippen MR) is 159 cm³/mol. The molecule has 5 rings (SSSR count). The summed E-state index contributed by atoms with van der Waals surface area (Å²) in [7, 11) is 1.60. The first-order chi connectivity index (χ1) is 19.1. The smallest absolute Gasteiger partial charge is 0.257 e. The Morgan fingerprint density at radius 3 is 2.58 bits per heavy atom. The molecule has 2 aliphatic rings. The van der Waals surface area contributed by atoms with Gasteiger partial charge in [-0.1, -0.05) is 75.9 Å². The molecule has 1 atom stereocenters. The number of rotatable bonds is 9. The maximum Gasteiger partial charge on any atom is 0.257 e. The molecule has 0 bridgehead atoms.